The number of benzene rings is 2. The average Bonchev–Trinajstić information content (AvgIpc) is 2.90. The number of aliphatic imine (C=N–C) groups is 1. The Bertz CT molecular complexity index is 1230. The van der Waals surface area contributed by atoms with Gasteiger partial charge in [-0.3, -0.25) is 9.88 Å². The molecule has 2 N–H and O–H groups in total. The number of aliphatic hydroxyl groups excluding tert-OH is 2. The first-order valence-corrected chi connectivity index (χ1v) is 12.2. The number of para-hydroxylation sites is 1. The van der Waals surface area contributed by atoms with Gasteiger partial charge >= 0.3 is 0 Å². The minimum atomic E-state index is -1.17. The molecule has 0 bridgehead atoms. The van der Waals surface area contributed by atoms with Gasteiger partial charge in [-0.25, -0.2) is 4.99 Å². The molecule has 2 heterocycles. The van der Waals surface area contributed by atoms with Crippen LogP contribution in [0.3, 0.4) is 0 Å². The number of pyridine rings is 1. The van der Waals surface area contributed by atoms with Crippen molar-refractivity contribution < 1.29 is 19.7 Å². The first-order chi connectivity index (χ1) is 17.5. The van der Waals surface area contributed by atoms with Crippen molar-refractivity contribution in [1.82, 2.24) is 4.98 Å². The van der Waals surface area contributed by atoms with Crippen LogP contribution in [-0.4, -0.2) is 41.5 Å². The molecule has 7 nitrogen and oxygen atoms in total. The summed E-state index contributed by atoms with van der Waals surface area (Å²) >= 11 is 5.99. The van der Waals surface area contributed by atoms with Crippen LogP contribution < -0.4 is 14.4 Å². The summed E-state index contributed by atoms with van der Waals surface area (Å²) in [6, 6.07) is 16.7. The molecule has 3 aromatic rings. The molecule has 2 aromatic carbocycles. The van der Waals surface area contributed by atoms with Crippen LogP contribution in [0.15, 0.2) is 77.2 Å². The number of nitrogens with zero attached hydrogens (tertiary/aromatic N) is 3. The second-order valence-electron chi connectivity index (χ2n) is 8.47. The van der Waals surface area contributed by atoms with E-state index in [1.807, 2.05) is 42.5 Å². The van der Waals surface area contributed by atoms with Gasteiger partial charge in [-0.2, -0.15) is 0 Å². The van der Waals surface area contributed by atoms with Crippen LogP contribution in [0, 0.1) is 0 Å². The van der Waals surface area contributed by atoms with Gasteiger partial charge in [0.2, 0.25) is 5.88 Å². The molecule has 8 heteroatoms. The van der Waals surface area contributed by atoms with Gasteiger partial charge in [0.25, 0.3) is 0 Å². The van der Waals surface area contributed by atoms with Crippen LogP contribution in [0.1, 0.15) is 31.7 Å². The third-order valence-corrected chi connectivity index (χ3v) is 6.36. The van der Waals surface area contributed by atoms with E-state index in [0.29, 0.717) is 40.0 Å². The normalized spacial score (nSPS) is 15.6. The SMILES string of the molecule is CCCCC1=NC(O)=C(Cc2ccc(-c3ccc(Cl)cc3)nc2)C(O)N1c1c(OC)cccc1OC. The highest BCUT2D eigenvalue weighted by molar-refractivity contribution is 6.30. The summed E-state index contributed by atoms with van der Waals surface area (Å²) in [5, 5.41) is 23.1. The topological polar surface area (TPSA) is 87.4 Å². The van der Waals surface area contributed by atoms with Crippen molar-refractivity contribution in [3.05, 3.63) is 82.8 Å². The van der Waals surface area contributed by atoms with E-state index in [9.17, 15) is 10.2 Å². The Labute approximate surface area is 216 Å². The zero-order valence-corrected chi connectivity index (χ0v) is 21.4. The maximum Gasteiger partial charge on any atom is 0.216 e. The molecule has 0 amide bonds. The van der Waals surface area contributed by atoms with Crippen molar-refractivity contribution in [3.8, 4) is 22.8 Å². The number of aliphatic hydroxyl groups is 2. The molecule has 36 heavy (non-hydrogen) atoms. The molecule has 0 radical (unpaired) electrons. The Hall–Kier alpha value is -3.55. The number of hydrogen-bond donors (Lipinski definition) is 2. The van der Waals surface area contributed by atoms with Crippen LogP contribution in [0.4, 0.5) is 5.69 Å². The lowest BCUT2D eigenvalue weighted by Gasteiger charge is -2.36. The number of ether oxygens (including phenoxy) is 2. The molecule has 0 aliphatic carbocycles. The molecular formula is C28H30ClN3O4. The van der Waals surface area contributed by atoms with Gasteiger partial charge in [-0.15, -0.1) is 0 Å². The number of rotatable bonds is 9. The lowest BCUT2D eigenvalue weighted by molar-refractivity contribution is 0.201. The van der Waals surface area contributed by atoms with Crippen molar-refractivity contribution in [2.24, 2.45) is 4.99 Å². The number of unbranched alkanes of at least 4 members (excludes halogenated alkanes) is 1. The minimum absolute atomic E-state index is 0.180. The summed E-state index contributed by atoms with van der Waals surface area (Å²) in [6.07, 6.45) is 3.19. The molecule has 1 aliphatic rings. The summed E-state index contributed by atoms with van der Waals surface area (Å²) in [7, 11) is 3.14. The monoisotopic (exact) mass is 507 g/mol. The standard InChI is InChI=1S/C28H30ClN3O4/c1-4-5-9-25-31-27(33)21(28(34)32(25)26-23(35-2)7-6-8-24(26)36-3)16-18-10-15-22(30-17-18)19-11-13-20(29)14-12-19/h6-8,10-15,17,28,33-34H,4-5,9,16H2,1-3H3. The highest BCUT2D eigenvalue weighted by atomic mass is 35.5. The molecule has 1 aromatic heterocycles. The van der Waals surface area contributed by atoms with E-state index in [0.717, 1.165) is 29.7 Å². The number of hydrogen-bond acceptors (Lipinski definition) is 7. The van der Waals surface area contributed by atoms with Crippen LogP contribution in [0.5, 0.6) is 11.5 Å². The highest BCUT2D eigenvalue weighted by Gasteiger charge is 2.35. The molecule has 4 rings (SSSR count). The van der Waals surface area contributed by atoms with Crippen molar-refractivity contribution in [3.63, 3.8) is 0 Å². The second kappa shape index (κ2) is 11.5. The molecular weight excluding hydrogens is 478 g/mol. The van der Waals surface area contributed by atoms with E-state index < -0.39 is 6.23 Å². The van der Waals surface area contributed by atoms with E-state index in [4.69, 9.17) is 21.1 Å². The minimum Gasteiger partial charge on any atom is -0.494 e. The first-order valence-electron chi connectivity index (χ1n) is 11.9. The van der Waals surface area contributed by atoms with Crippen LogP contribution >= 0.6 is 11.6 Å². The molecule has 1 unspecified atom stereocenters. The van der Waals surface area contributed by atoms with Gasteiger partial charge in [0.1, 0.15) is 23.0 Å². The van der Waals surface area contributed by atoms with Gasteiger partial charge in [0, 0.05) is 35.2 Å². The second-order valence-corrected chi connectivity index (χ2v) is 8.91. The molecule has 0 saturated heterocycles. The zero-order chi connectivity index (χ0) is 25.7. The first kappa shape index (κ1) is 25.5. The lowest BCUT2D eigenvalue weighted by Crippen LogP contribution is -2.45. The molecule has 1 aliphatic heterocycles. The Morgan fingerprint density at radius 2 is 1.69 bits per heavy atom. The number of aromatic nitrogens is 1. The molecule has 1 atom stereocenters. The summed E-state index contributed by atoms with van der Waals surface area (Å²) < 4.78 is 11.2. The quantitative estimate of drug-likeness (QED) is 0.360. The number of anilines is 1. The van der Waals surface area contributed by atoms with Crippen molar-refractivity contribution in [2.45, 2.75) is 38.8 Å². The summed E-state index contributed by atoms with van der Waals surface area (Å²) in [5.74, 6) is 1.43. The fourth-order valence-electron chi connectivity index (χ4n) is 4.20. The van der Waals surface area contributed by atoms with Crippen molar-refractivity contribution >= 4 is 23.1 Å². The van der Waals surface area contributed by atoms with Crippen molar-refractivity contribution in [1.29, 1.82) is 0 Å². The predicted molar refractivity (Wildman–Crippen MR) is 143 cm³/mol. The Kier molecular flexibility index (Phi) is 8.13. The van der Waals surface area contributed by atoms with E-state index >= 15 is 0 Å². The zero-order valence-electron chi connectivity index (χ0n) is 20.6. The van der Waals surface area contributed by atoms with E-state index in [1.54, 1.807) is 37.4 Å². The molecule has 188 valence electrons. The Morgan fingerprint density at radius 3 is 2.28 bits per heavy atom. The maximum atomic E-state index is 11.6. The fraction of sp³-hybridized carbons (Fsp3) is 0.286. The van der Waals surface area contributed by atoms with Crippen LogP contribution in [-0.2, 0) is 6.42 Å². The number of halogens is 1. The number of amidine groups is 1. The van der Waals surface area contributed by atoms with Gasteiger partial charge < -0.3 is 19.7 Å². The van der Waals surface area contributed by atoms with E-state index in [2.05, 4.69) is 16.9 Å². The lowest BCUT2D eigenvalue weighted by atomic mass is 10.0. The fourth-order valence-corrected chi connectivity index (χ4v) is 4.33. The van der Waals surface area contributed by atoms with Gasteiger partial charge in [-0.1, -0.05) is 49.2 Å². The molecule has 0 saturated carbocycles. The summed E-state index contributed by atoms with van der Waals surface area (Å²) in [4.78, 5) is 10.8. The third kappa shape index (κ3) is 5.32. The van der Waals surface area contributed by atoms with Crippen molar-refractivity contribution in [2.75, 3.05) is 19.1 Å². The van der Waals surface area contributed by atoms with Crippen LogP contribution in [0.25, 0.3) is 11.3 Å². The van der Waals surface area contributed by atoms with E-state index in [1.165, 1.54) is 0 Å². The molecule has 0 spiro atoms. The van der Waals surface area contributed by atoms with Crippen LogP contribution in [0.2, 0.25) is 5.02 Å². The third-order valence-electron chi connectivity index (χ3n) is 6.11. The maximum absolute atomic E-state index is 11.6. The van der Waals surface area contributed by atoms with Gasteiger partial charge in [-0.05, 0) is 42.3 Å². The smallest absolute Gasteiger partial charge is 0.216 e. The van der Waals surface area contributed by atoms with Gasteiger partial charge in [0.05, 0.1) is 19.9 Å². The number of methoxy groups -OCH3 is 2. The van der Waals surface area contributed by atoms with E-state index in [-0.39, 0.29) is 12.3 Å². The summed E-state index contributed by atoms with van der Waals surface area (Å²) in [6.45, 7) is 2.08. The Morgan fingerprint density at radius 1 is 1.00 bits per heavy atom. The Balaban J connectivity index is 1.68. The summed E-state index contributed by atoms with van der Waals surface area (Å²) in [5.41, 5.74) is 3.51. The predicted octanol–water partition coefficient (Wildman–Crippen LogP) is 6.16. The largest absolute Gasteiger partial charge is 0.494 e. The highest BCUT2D eigenvalue weighted by Crippen LogP contribution is 2.42. The molecule has 0 fully saturated rings. The average molecular weight is 508 g/mol. The van der Waals surface area contributed by atoms with Gasteiger partial charge in [0.15, 0.2) is 6.23 Å².